The molecule has 0 aliphatic heterocycles. The van der Waals surface area contributed by atoms with Gasteiger partial charge in [0.2, 0.25) is 0 Å². The van der Waals surface area contributed by atoms with E-state index in [1.807, 2.05) is 0 Å². The van der Waals surface area contributed by atoms with Crippen LogP contribution in [0.15, 0.2) is 24.3 Å². The van der Waals surface area contributed by atoms with Gasteiger partial charge in [0.15, 0.2) is 0 Å². The van der Waals surface area contributed by atoms with Gasteiger partial charge in [0.1, 0.15) is 0 Å². The summed E-state index contributed by atoms with van der Waals surface area (Å²) in [7, 11) is 0. The molecule has 0 heterocycles. The summed E-state index contributed by atoms with van der Waals surface area (Å²) in [4.78, 5) is 2.58. The summed E-state index contributed by atoms with van der Waals surface area (Å²) in [5, 5.41) is 0. The third-order valence-electron chi connectivity index (χ3n) is 3.92. The number of nitrogens with zero attached hydrogens (tertiary/aromatic N) is 1. The molecule has 0 bridgehead atoms. The molecule has 18 heavy (non-hydrogen) atoms. The molecular formula is C16H26N2. The van der Waals surface area contributed by atoms with E-state index in [1.165, 1.54) is 11.1 Å². The Hall–Kier alpha value is -0.860. The van der Waals surface area contributed by atoms with Crippen LogP contribution in [0.4, 0.5) is 0 Å². The summed E-state index contributed by atoms with van der Waals surface area (Å²) in [6.07, 6.45) is 1.10. The Bertz CT molecular complexity index is 398. The van der Waals surface area contributed by atoms with Crippen molar-refractivity contribution in [3.05, 3.63) is 35.4 Å². The van der Waals surface area contributed by atoms with E-state index in [9.17, 15) is 0 Å². The van der Waals surface area contributed by atoms with Crippen LogP contribution in [0.1, 0.15) is 44.9 Å². The zero-order valence-electron chi connectivity index (χ0n) is 12.1. The van der Waals surface area contributed by atoms with Gasteiger partial charge in [0.05, 0.1) is 0 Å². The Morgan fingerprint density at radius 2 is 1.89 bits per heavy atom. The monoisotopic (exact) mass is 246 g/mol. The van der Waals surface area contributed by atoms with E-state index in [0.29, 0.717) is 18.0 Å². The van der Waals surface area contributed by atoms with Gasteiger partial charge in [0.25, 0.3) is 0 Å². The van der Waals surface area contributed by atoms with Crippen molar-refractivity contribution in [1.82, 2.24) is 4.90 Å². The number of rotatable bonds is 4. The predicted octanol–water partition coefficient (Wildman–Crippen LogP) is 2.98. The average molecular weight is 246 g/mol. The normalized spacial score (nSPS) is 23.1. The molecule has 0 saturated heterocycles. The number of hydrogen-bond acceptors (Lipinski definition) is 2. The first-order chi connectivity index (χ1) is 8.50. The van der Waals surface area contributed by atoms with Crippen LogP contribution < -0.4 is 5.73 Å². The molecule has 0 amide bonds. The second kappa shape index (κ2) is 5.41. The second-order valence-electron chi connectivity index (χ2n) is 6.18. The standard InChI is InChI=1S/C16H26N2/c1-11(2)10-18(12(3)4)15-9-13-7-5-6-8-14(13)16(15)17/h5-8,11-12,15-16H,9-10,17H2,1-4H3. The molecule has 1 aromatic rings. The van der Waals surface area contributed by atoms with Crippen molar-refractivity contribution in [2.24, 2.45) is 11.7 Å². The molecular weight excluding hydrogens is 220 g/mol. The maximum Gasteiger partial charge on any atom is 0.0459 e. The minimum absolute atomic E-state index is 0.169. The van der Waals surface area contributed by atoms with E-state index >= 15 is 0 Å². The van der Waals surface area contributed by atoms with Gasteiger partial charge in [-0.3, -0.25) is 4.90 Å². The highest BCUT2D eigenvalue weighted by Gasteiger charge is 2.34. The SMILES string of the molecule is CC(C)CN(C(C)C)C1Cc2ccccc2C1N. The first-order valence-corrected chi connectivity index (χ1v) is 7.09. The van der Waals surface area contributed by atoms with Gasteiger partial charge >= 0.3 is 0 Å². The van der Waals surface area contributed by atoms with Crippen LogP contribution in [0.3, 0.4) is 0 Å². The summed E-state index contributed by atoms with van der Waals surface area (Å²) in [5.41, 5.74) is 9.24. The molecule has 2 rings (SSSR count). The van der Waals surface area contributed by atoms with Gasteiger partial charge < -0.3 is 5.73 Å². The highest BCUT2D eigenvalue weighted by atomic mass is 15.2. The third kappa shape index (κ3) is 2.60. The first-order valence-electron chi connectivity index (χ1n) is 7.09. The van der Waals surface area contributed by atoms with Crippen molar-refractivity contribution in [3.8, 4) is 0 Å². The van der Waals surface area contributed by atoms with Crippen molar-refractivity contribution in [2.45, 2.75) is 52.2 Å². The molecule has 0 fully saturated rings. The lowest BCUT2D eigenvalue weighted by atomic mass is 10.0. The molecule has 1 aliphatic rings. The fraction of sp³-hybridized carbons (Fsp3) is 0.625. The minimum atomic E-state index is 0.169. The van der Waals surface area contributed by atoms with Crippen LogP contribution in [-0.2, 0) is 6.42 Å². The van der Waals surface area contributed by atoms with E-state index in [1.54, 1.807) is 0 Å². The first kappa shape index (κ1) is 13.6. The van der Waals surface area contributed by atoms with Crippen LogP contribution in [-0.4, -0.2) is 23.5 Å². The summed E-state index contributed by atoms with van der Waals surface area (Å²) >= 11 is 0. The predicted molar refractivity (Wildman–Crippen MR) is 77.5 cm³/mol. The number of benzene rings is 1. The van der Waals surface area contributed by atoms with Crippen molar-refractivity contribution in [1.29, 1.82) is 0 Å². The molecule has 2 atom stereocenters. The summed E-state index contributed by atoms with van der Waals surface area (Å²) in [6.45, 7) is 10.2. The molecule has 2 N–H and O–H groups in total. The van der Waals surface area contributed by atoms with E-state index in [2.05, 4.69) is 56.9 Å². The number of fused-ring (bicyclic) bond motifs is 1. The molecule has 1 aromatic carbocycles. The van der Waals surface area contributed by atoms with Crippen LogP contribution in [0.25, 0.3) is 0 Å². The van der Waals surface area contributed by atoms with Gasteiger partial charge in [0, 0.05) is 24.7 Å². The largest absolute Gasteiger partial charge is 0.323 e. The van der Waals surface area contributed by atoms with Crippen molar-refractivity contribution in [2.75, 3.05) is 6.54 Å². The summed E-state index contributed by atoms with van der Waals surface area (Å²) in [6, 6.07) is 9.82. The zero-order chi connectivity index (χ0) is 13.3. The lowest BCUT2D eigenvalue weighted by molar-refractivity contribution is 0.123. The lowest BCUT2D eigenvalue weighted by Crippen LogP contribution is -2.46. The van der Waals surface area contributed by atoms with Gasteiger partial charge in [-0.15, -0.1) is 0 Å². The van der Waals surface area contributed by atoms with Crippen LogP contribution in [0, 0.1) is 5.92 Å². The summed E-state index contributed by atoms with van der Waals surface area (Å²) in [5.74, 6) is 0.684. The molecule has 2 heteroatoms. The molecule has 2 nitrogen and oxygen atoms in total. The average Bonchev–Trinajstić information content (AvgIpc) is 2.64. The fourth-order valence-electron chi connectivity index (χ4n) is 3.08. The van der Waals surface area contributed by atoms with Gasteiger partial charge in [-0.2, -0.15) is 0 Å². The Kier molecular flexibility index (Phi) is 4.08. The van der Waals surface area contributed by atoms with Gasteiger partial charge in [-0.1, -0.05) is 38.1 Å². The zero-order valence-corrected chi connectivity index (χ0v) is 12.1. The number of nitrogens with two attached hydrogens (primary N) is 1. The fourth-order valence-corrected chi connectivity index (χ4v) is 3.08. The molecule has 1 aliphatic carbocycles. The smallest absolute Gasteiger partial charge is 0.0459 e. The van der Waals surface area contributed by atoms with Crippen molar-refractivity contribution in [3.63, 3.8) is 0 Å². The van der Waals surface area contributed by atoms with Crippen LogP contribution >= 0.6 is 0 Å². The Balaban J connectivity index is 2.20. The van der Waals surface area contributed by atoms with Gasteiger partial charge in [-0.25, -0.2) is 0 Å². The molecule has 0 radical (unpaired) electrons. The quantitative estimate of drug-likeness (QED) is 0.885. The maximum atomic E-state index is 6.46. The number of hydrogen-bond donors (Lipinski definition) is 1. The molecule has 0 spiro atoms. The van der Waals surface area contributed by atoms with E-state index in [-0.39, 0.29) is 6.04 Å². The highest BCUT2D eigenvalue weighted by molar-refractivity contribution is 5.36. The van der Waals surface area contributed by atoms with Crippen LogP contribution in [0.5, 0.6) is 0 Å². The van der Waals surface area contributed by atoms with E-state index in [4.69, 9.17) is 5.73 Å². The van der Waals surface area contributed by atoms with E-state index in [0.717, 1.165) is 13.0 Å². The van der Waals surface area contributed by atoms with Crippen LogP contribution in [0.2, 0.25) is 0 Å². The lowest BCUT2D eigenvalue weighted by Gasteiger charge is -2.36. The van der Waals surface area contributed by atoms with Crippen molar-refractivity contribution < 1.29 is 0 Å². The molecule has 100 valence electrons. The van der Waals surface area contributed by atoms with Crippen molar-refractivity contribution >= 4 is 0 Å². The third-order valence-corrected chi connectivity index (χ3v) is 3.92. The topological polar surface area (TPSA) is 29.3 Å². The summed E-state index contributed by atoms with van der Waals surface area (Å²) < 4.78 is 0. The molecule has 2 unspecified atom stereocenters. The Labute approximate surface area is 111 Å². The van der Waals surface area contributed by atoms with E-state index < -0.39 is 0 Å². The Morgan fingerprint density at radius 1 is 1.22 bits per heavy atom. The second-order valence-corrected chi connectivity index (χ2v) is 6.18. The minimum Gasteiger partial charge on any atom is -0.323 e. The Morgan fingerprint density at radius 3 is 2.44 bits per heavy atom. The van der Waals surface area contributed by atoms with Gasteiger partial charge in [-0.05, 0) is 37.3 Å². The maximum absolute atomic E-state index is 6.46. The molecule has 0 saturated carbocycles. The molecule has 0 aromatic heterocycles. The highest BCUT2D eigenvalue weighted by Crippen LogP contribution is 2.33.